The Bertz CT molecular complexity index is 1290. The summed E-state index contributed by atoms with van der Waals surface area (Å²) in [6.07, 6.45) is 2.69. The summed E-state index contributed by atoms with van der Waals surface area (Å²) in [7, 11) is 1.55. The molecular formula is C24H25Cl2N5O4. The Kier molecular flexibility index (Phi) is 7.47. The predicted octanol–water partition coefficient (Wildman–Crippen LogP) is 5.51. The van der Waals surface area contributed by atoms with Gasteiger partial charge in [-0.3, -0.25) is 10.1 Å². The minimum atomic E-state index is -0.625. The summed E-state index contributed by atoms with van der Waals surface area (Å²) in [5.41, 5.74) is 2.24. The molecule has 1 aromatic carbocycles. The molecule has 1 unspecified atom stereocenters. The molecule has 4 rings (SSSR count). The molecule has 0 aliphatic heterocycles. The van der Waals surface area contributed by atoms with Gasteiger partial charge in [-0.15, -0.1) is 0 Å². The topological polar surface area (TPSA) is 107 Å². The van der Waals surface area contributed by atoms with Crippen LogP contribution in [0, 0.1) is 19.8 Å². The number of hydrogen-bond donors (Lipinski definition) is 2. The van der Waals surface area contributed by atoms with E-state index < -0.39 is 6.09 Å². The minimum Gasteiger partial charge on any atom is -0.481 e. The number of aromatic nitrogens is 3. The van der Waals surface area contributed by atoms with Crippen molar-refractivity contribution in [1.82, 2.24) is 14.5 Å². The van der Waals surface area contributed by atoms with Crippen molar-refractivity contribution < 1.29 is 14.3 Å². The first-order valence-corrected chi connectivity index (χ1v) is 11.8. The third-order valence-electron chi connectivity index (χ3n) is 5.70. The maximum absolute atomic E-state index is 13.4. The molecule has 9 nitrogen and oxygen atoms in total. The molecule has 1 saturated carbocycles. The average Bonchev–Trinajstić information content (AvgIpc) is 3.65. The van der Waals surface area contributed by atoms with Gasteiger partial charge >= 0.3 is 6.09 Å². The molecule has 0 radical (unpaired) electrons. The summed E-state index contributed by atoms with van der Waals surface area (Å²) in [5, 5.41) is 6.40. The van der Waals surface area contributed by atoms with E-state index in [1.54, 1.807) is 38.3 Å². The number of rotatable bonds is 8. The zero-order valence-corrected chi connectivity index (χ0v) is 21.0. The predicted molar refractivity (Wildman–Crippen MR) is 135 cm³/mol. The van der Waals surface area contributed by atoms with Gasteiger partial charge < -0.3 is 19.4 Å². The highest BCUT2D eigenvalue weighted by Crippen LogP contribution is 2.39. The number of carbonyl (C=O) groups is 1. The third-order valence-corrected chi connectivity index (χ3v) is 6.14. The number of anilines is 3. The number of nitrogens with zero attached hydrogens (tertiary/aromatic N) is 3. The van der Waals surface area contributed by atoms with Crippen molar-refractivity contribution in [2.75, 3.05) is 24.4 Å². The number of nitrogens with one attached hydrogen (secondary N) is 2. The molecule has 1 fully saturated rings. The monoisotopic (exact) mass is 517 g/mol. The van der Waals surface area contributed by atoms with Crippen LogP contribution in [0.4, 0.5) is 22.0 Å². The van der Waals surface area contributed by atoms with Gasteiger partial charge in [-0.05, 0) is 62.9 Å². The van der Waals surface area contributed by atoms with E-state index in [0.29, 0.717) is 28.0 Å². The van der Waals surface area contributed by atoms with Crippen LogP contribution in [0.15, 0.2) is 41.3 Å². The third kappa shape index (κ3) is 6.04. The quantitative estimate of drug-likeness (QED) is 0.405. The van der Waals surface area contributed by atoms with E-state index in [4.69, 9.17) is 32.7 Å². The Morgan fingerprint density at radius 3 is 2.57 bits per heavy atom. The first-order chi connectivity index (χ1) is 16.7. The van der Waals surface area contributed by atoms with Crippen LogP contribution < -0.4 is 20.9 Å². The Morgan fingerprint density at radius 2 is 1.91 bits per heavy atom. The van der Waals surface area contributed by atoms with E-state index in [0.717, 1.165) is 18.4 Å². The highest BCUT2D eigenvalue weighted by atomic mass is 35.5. The molecule has 184 valence electrons. The summed E-state index contributed by atoms with van der Waals surface area (Å²) in [6.45, 7) is 3.66. The number of pyridine rings is 1. The van der Waals surface area contributed by atoms with Crippen LogP contribution in [0.3, 0.4) is 0 Å². The van der Waals surface area contributed by atoms with Gasteiger partial charge in [-0.25, -0.2) is 14.8 Å². The fraction of sp³-hybridized carbons (Fsp3) is 0.333. The van der Waals surface area contributed by atoms with Crippen molar-refractivity contribution in [3.05, 3.63) is 68.3 Å². The second kappa shape index (κ2) is 10.5. The zero-order valence-electron chi connectivity index (χ0n) is 19.5. The molecule has 2 N–H and O–H groups in total. The van der Waals surface area contributed by atoms with Crippen molar-refractivity contribution in [1.29, 1.82) is 0 Å². The molecule has 0 saturated heterocycles. The van der Waals surface area contributed by atoms with E-state index in [1.165, 1.54) is 10.8 Å². The summed E-state index contributed by atoms with van der Waals surface area (Å²) >= 11 is 12.2. The number of methoxy groups -OCH3 is 1. The molecule has 35 heavy (non-hydrogen) atoms. The summed E-state index contributed by atoms with van der Waals surface area (Å²) in [6, 6.07) is 8.12. The maximum Gasteiger partial charge on any atom is 0.411 e. The normalized spacial score (nSPS) is 13.7. The van der Waals surface area contributed by atoms with E-state index in [9.17, 15) is 9.59 Å². The number of carbonyl (C=O) groups excluding carboxylic acids is 1. The van der Waals surface area contributed by atoms with Gasteiger partial charge in [0.25, 0.3) is 5.56 Å². The van der Waals surface area contributed by atoms with Crippen molar-refractivity contribution in [2.24, 2.45) is 5.92 Å². The summed E-state index contributed by atoms with van der Waals surface area (Å²) in [4.78, 5) is 34.3. The average molecular weight is 518 g/mol. The number of amides is 1. The number of benzene rings is 1. The van der Waals surface area contributed by atoms with E-state index in [-0.39, 0.29) is 35.1 Å². The molecule has 2 heterocycles. The largest absolute Gasteiger partial charge is 0.481 e. The van der Waals surface area contributed by atoms with Crippen LogP contribution in [0.1, 0.15) is 30.1 Å². The highest BCUT2D eigenvalue weighted by molar-refractivity contribution is 6.30. The Morgan fingerprint density at radius 1 is 1.20 bits per heavy atom. The Labute approximate surface area is 212 Å². The first kappa shape index (κ1) is 24.8. The van der Waals surface area contributed by atoms with Crippen LogP contribution in [0.25, 0.3) is 0 Å². The molecule has 3 aromatic rings. The van der Waals surface area contributed by atoms with Crippen LogP contribution in [-0.2, 0) is 4.74 Å². The molecule has 1 atom stereocenters. The number of ether oxygens (including phenoxy) is 2. The number of hydrogen-bond acceptors (Lipinski definition) is 7. The van der Waals surface area contributed by atoms with Gasteiger partial charge in [0, 0.05) is 22.5 Å². The smallest absolute Gasteiger partial charge is 0.411 e. The summed E-state index contributed by atoms with van der Waals surface area (Å²) in [5.74, 6) is 0.754. The molecule has 1 aliphatic rings. The fourth-order valence-electron chi connectivity index (χ4n) is 3.72. The molecule has 11 heteroatoms. The van der Waals surface area contributed by atoms with E-state index >= 15 is 0 Å². The van der Waals surface area contributed by atoms with E-state index in [1.807, 2.05) is 13.0 Å². The lowest BCUT2D eigenvalue weighted by Crippen LogP contribution is -2.32. The maximum atomic E-state index is 13.4. The standard InChI is InChI=1S/C24H25Cl2N5O4/c1-13-10-18(14(2)27-22(13)34-3)29-21-23(32)31(11-20(26)30-21)19(15-4-5-15)12-35-24(33)28-17-8-6-16(25)7-9-17/h6-11,15,19H,4-5,12H2,1-3H3,(H,28,33)(H,29,30). The van der Waals surface area contributed by atoms with Crippen LogP contribution >= 0.6 is 23.2 Å². The molecule has 1 aliphatic carbocycles. The lowest BCUT2D eigenvalue weighted by atomic mass is 10.2. The van der Waals surface area contributed by atoms with Gasteiger partial charge in [-0.2, -0.15) is 0 Å². The van der Waals surface area contributed by atoms with Gasteiger partial charge in [0.2, 0.25) is 5.88 Å². The van der Waals surface area contributed by atoms with Gasteiger partial charge in [0.1, 0.15) is 11.8 Å². The molecule has 0 bridgehead atoms. The van der Waals surface area contributed by atoms with Crippen molar-refractivity contribution >= 4 is 46.5 Å². The second-order valence-electron chi connectivity index (χ2n) is 8.33. The first-order valence-electron chi connectivity index (χ1n) is 11.0. The molecular weight excluding hydrogens is 493 g/mol. The lowest BCUT2D eigenvalue weighted by Gasteiger charge is -2.21. The fourth-order valence-corrected chi connectivity index (χ4v) is 4.04. The molecule has 2 aromatic heterocycles. The SMILES string of the molecule is COc1nc(C)c(Nc2nc(Cl)cn(C(COC(=O)Nc3ccc(Cl)cc3)C3CC3)c2=O)cc1C. The van der Waals surface area contributed by atoms with Crippen molar-refractivity contribution in [3.8, 4) is 5.88 Å². The minimum absolute atomic E-state index is 0.00596. The van der Waals surface area contributed by atoms with Crippen LogP contribution in [0.2, 0.25) is 10.2 Å². The van der Waals surface area contributed by atoms with Crippen LogP contribution in [0.5, 0.6) is 5.88 Å². The second-order valence-corrected chi connectivity index (χ2v) is 9.16. The van der Waals surface area contributed by atoms with E-state index in [2.05, 4.69) is 20.6 Å². The van der Waals surface area contributed by atoms with Crippen molar-refractivity contribution in [3.63, 3.8) is 0 Å². The zero-order chi connectivity index (χ0) is 25.1. The number of aryl methyl sites for hydroxylation is 2. The van der Waals surface area contributed by atoms with Gasteiger partial charge in [0.05, 0.1) is 24.5 Å². The van der Waals surface area contributed by atoms with Crippen molar-refractivity contribution in [2.45, 2.75) is 32.7 Å². The highest BCUT2D eigenvalue weighted by Gasteiger charge is 2.35. The van der Waals surface area contributed by atoms with Gasteiger partial charge in [0.15, 0.2) is 5.82 Å². The Balaban J connectivity index is 1.54. The van der Waals surface area contributed by atoms with Crippen LogP contribution in [-0.4, -0.2) is 34.3 Å². The lowest BCUT2D eigenvalue weighted by molar-refractivity contribution is 0.135. The molecule has 1 amide bonds. The summed E-state index contributed by atoms with van der Waals surface area (Å²) < 4.78 is 12.2. The Hall–Kier alpha value is -3.30. The molecule has 0 spiro atoms. The van der Waals surface area contributed by atoms with Gasteiger partial charge in [-0.1, -0.05) is 23.2 Å². The number of halogens is 2.